The number of carboxylic acid groups (broad SMARTS) is 1. The van der Waals surface area contributed by atoms with Gasteiger partial charge in [0.15, 0.2) is 0 Å². The van der Waals surface area contributed by atoms with E-state index in [-0.39, 0.29) is 11.9 Å². The first-order chi connectivity index (χ1) is 4.04. The van der Waals surface area contributed by atoms with E-state index in [0.29, 0.717) is 0 Å². The number of hydrogen-bond acceptors (Lipinski definition) is 3. The zero-order valence-corrected chi connectivity index (χ0v) is 5.20. The Labute approximate surface area is 57.1 Å². The van der Waals surface area contributed by atoms with E-state index in [1.807, 2.05) is 0 Å². The lowest BCUT2D eigenvalue weighted by Crippen LogP contribution is -2.34. The van der Waals surface area contributed by atoms with Gasteiger partial charge < -0.3 is 22.1 Å². The Morgan fingerprint density at radius 1 is 1.50 bits per heavy atom. The maximum Gasteiger partial charge on any atom is 0.321 e. The smallest absolute Gasteiger partial charge is 0.321 e. The monoisotopic (exact) mass is 151 g/mol. The van der Waals surface area contributed by atoms with E-state index >= 15 is 0 Å². The van der Waals surface area contributed by atoms with Crippen molar-refractivity contribution >= 4 is 11.9 Å². The minimum absolute atomic E-state index is 0. The lowest BCUT2D eigenvalue weighted by Gasteiger charge is -1.99. The van der Waals surface area contributed by atoms with Crippen LogP contribution in [0.3, 0.4) is 0 Å². The van der Waals surface area contributed by atoms with Gasteiger partial charge in [0.05, 0.1) is 6.42 Å². The number of primary amides is 1. The van der Waals surface area contributed by atoms with Crippen LogP contribution in [0.5, 0.6) is 0 Å². The van der Waals surface area contributed by atoms with E-state index in [0.717, 1.165) is 0 Å². The zero-order chi connectivity index (χ0) is 7.44. The first-order valence-electron chi connectivity index (χ1n) is 2.30. The Morgan fingerprint density at radius 3 is 2.00 bits per heavy atom. The maximum absolute atomic E-state index is 9.99. The standard InChI is InChI=1S/C4H8N2O3.H2O/c5-2(4(8)9)1-3(6)7;/h2H,1,5H2,(H2,6,7)(H,8,9);1H2/t2-;/m0./s1/i6+1;. The third-order valence-electron chi connectivity index (χ3n) is 0.738. The first kappa shape index (κ1) is 11.6. The summed E-state index contributed by atoms with van der Waals surface area (Å²) in [7, 11) is 0. The molecule has 60 valence electrons. The normalized spacial score (nSPS) is 11.3. The number of hydrogen-bond donors (Lipinski definition) is 3. The highest BCUT2D eigenvalue weighted by Gasteiger charge is 2.13. The van der Waals surface area contributed by atoms with E-state index in [1.165, 1.54) is 0 Å². The number of carboxylic acids is 1. The molecule has 10 heavy (non-hydrogen) atoms. The molecule has 0 fully saturated rings. The van der Waals surface area contributed by atoms with Crippen LogP contribution in [0, 0.1) is 0 Å². The third kappa shape index (κ3) is 5.01. The summed E-state index contributed by atoms with van der Waals surface area (Å²) in [6, 6.07) is -1.16. The van der Waals surface area contributed by atoms with Crippen LogP contribution in [0.2, 0.25) is 0 Å². The summed E-state index contributed by atoms with van der Waals surface area (Å²) in [5.74, 6) is -1.92. The van der Waals surface area contributed by atoms with Gasteiger partial charge in [0.1, 0.15) is 6.04 Å². The second-order valence-electron chi connectivity index (χ2n) is 1.62. The van der Waals surface area contributed by atoms with Crippen molar-refractivity contribution in [2.75, 3.05) is 0 Å². The van der Waals surface area contributed by atoms with Gasteiger partial charge >= 0.3 is 5.97 Å². The molecular formula is C4H10N2O4. The minimum atomic E-state index is -1.21. The Balaban J connectivity index is 0. The molecule has 1 atom stereocenters. The maximum atomic E-state index is 9.99. The number of carbonyl (C=O) groups excluding carboxylic acids is 1. The second-order valence-corrected chi connectivity index (χ2v) is 1.62. The first-order valence-corrected chi connectivity index (χ1v) is 2.30. The molecule has 0 aromatic heterocycles. The van der Waals surface area contributed by atoms with Crippen molar-refractivity contribution in [3.8, 4) is 0 Å². The summed E-state index contributed by atoms with van der Waals surface area (Å²) in [5.41, 5.74) is 9.57. The summed E-state index contributed by atoms with van der Waals surface area (Å²) in [4.78, 5) is 19.9. The molecule has 0 aliphatic heterocycles. The number of carbonyl (C=O) groups is 2. The van der Waals surface area contributed by atoms with Crippen molar-refractivity contribution < 1.29 is 20.2 Å². The molecule has 0 aliphatic rings. The molecule has 7 N–H and O–H groups in total. The van der Waals surface area contributed by atoms with Crippen LogP contribution in [-0.2, 0) is 9.59 Å². The summed E-state index contributed by atoms with van der Waals surface area (Å²) < 4.78 is 0. The van der Waals surface area contributed by atoms with Crippen LogP contribution >= 0.6 is 0 Å². The largest absolute Gasteiger partial charge is 0.480 e. The number of rotatable bonds is 3. The van der Waals surface area contributed by atoms with Gasteiger partial charge in [-0.3, -0.25) is 9.59 Å². The van der Waals surface area contributed by atoms with E-state index in [1.54, 1.807) is 0 Å². The van der Waals surface area contributed by atoms with Gasteiger partial charge in [-0.2, -0.15) is 0 Å². The van der Waals surface area contributed by atoms with Gasteiger partial charge in [-0.1, -0.05) is 0 Å². The topological polar surface area (TPSA) is 138 Å². The molecule has 0 heterocycles. The highest BCUT2D eigenvalue weighted by atomic mass is 16.4. The molecular weight excluding hydrogens is 141 g/mol. The van der Waals surface area contributed by atoms with E-state index in [9.17, 15) is 9.59 Å². The van der Waals surface area contributed by atoms with Gasteiger partial charge in [0, 0.05) is 0 Å². The lowest BCUT2D eigenvalue weighted by atomic mass is 10.2. The van der Waals surface area contributed by atoms with Crippen molar-refractivity contribution in [3.05, 3.63) is 0 Å². The van der Waals surface area contributed by atoms with Crippen LogP contribution in [0.4, 0.5) is 0 Å². The van der Waals surface area contributed by atoms with Crippen molar-refractivity contribution in [2.24, 2.45) is 11.5 Å². The Morgan fingerprint density at radius 2 is 1.90 bits per heavy atom. The van der Waals surface area contributed by atoms with Crippen molar-refractivity contribution in [2.45, 2.75) is 12.5 Å². The van der Waals surface area contributed by atoms with Crippen LogP contribution in [0.1, 0.15) is 6.42 Å². The fourth-order valence-electron chi connectivity index (χ4n) is 0.304. The molecule has 6 heteroatoms. The van der Waals surface area contributed by atoms with Crippen molar-refractivity contribution in [1.29, 1.82) is 0 Å². The van der Waals surface area contributed by atoms with E-state index in [4.69, 9.17) is 10.8 Å². The average Bonchev–Trinajstić information content (AvgIpc) is 1.63. The lowest BCUT2D eigenvalue weighted by molar-refractivity contribution is -0.140. The zero-order valence-electron chi connectivity index (χ0n) is 5.20. The fourth-order valence-corrected chi connectivity index (χ4v) is 0.304. The Kier molecular flexibility index (Phi) is 5.48. The quantitative estimate of drug-likeness (QED) is 0.382. The molecule has 0 radical (unpaired) electrons. The minimum Gasteiger partial charge on any atom is -0.480 e. The van der Waals surface area contributed by atoms with Gasteiger partial charge in [-0.15, -0.1) is 0 Å². The summed E-state index contributed by atoms with van der Waals surface area (Å²) in [5, 5.41) is 8.10. The second kappa shape index (κ2) is 4.71. The SMILES string of the molecule is N[C@@H](CC([15NH2])=O)C(=O)O.O. The highest BCUT2D eigenvalue weighted by Crippen LogP contribution is 1.84. The molecule has 0 unspecified atom stereocenters. The van der Waals surface area contributed by atoms with Crippen LogP contribution in [-0.4, -0.2) is 28.5 Å². The third-order valence-corrected chi connectivity index (χ3v) is 0.738. The summed E-state index contributed by atoms with van der Waals surface area (Å²) in [6.07, 6.45) is -0.310. The summed E-state index contributed by atoms with van der Waals surface area (Å²) >= 11 is 0. The highest BCUT2D eigenvalue weighted by molar-refractivity contribution is 5.82. The molecule has 0 bridgehead atoms. The number of aliphatic carboxylic acids is 1. The molecule has 1 amide bonds. The Bertz CT molecular complexity index is 135. The molecule has 0 rings (SSSR count). The van der Waals surface area contributed by atoms with Crippen LogP contribution in [0.15, 0.2) is 0 Å². The van der Waals surface area contributed by atoms with E-state index < -0.39 is 17.9 Å². The fraction of sp³-hybridized carbons (Fsp3) is 0.500. The predicted molar refractivity (Wildman–Crippen MR) is 33.0 cm³/mol. The summed E-state index contributed by atoms with van der Waals surface area (Å²) in [6.45, 7) is 0. The van der Waals surface area contributed by atoms with Crippen LogP contribution in [0.25, 0.3) is 0 Å². The van der Waals surface area contributed by atoms with Gasteiger partial charge in [-0.05, 0) is 0 Å². The molecule has 0 aliphatic carbocycles. The average molecular weight is 151 g/mol. The van der Waals surface area contributed by atoms with Crippen molar-refractivity contribution in [3.63, 3.8) is 0 Å². The van der Waals surface area contributed by atoms with Gasteiger partial charge in [0.2, 0.25) is 5.91 Å². The number of amides is 1. The molecule has 0 saturated heterocycles. The Hall–Kier alpha value is -1.14. The van der Waals surface area contributed by atoms with Gasteiger partial charge in [-0.25, -0.2) is 0 Å². The van der Waals surface area contributed by atoms with E-state index in [2.05, 4.69) is 5.73 Å². The molecule has 6 nitrogen and oxygen atoms in total. The van der Waals surface area contributed by atoms with Gasteiger partial charge in [0.25, 0.3) is 0 Å². The molecule has 0 saturated carbocycles. The van der Waals surface area contributed by atoms with Crippen molar-refractivity contribution in [1.82, 2.24) is 0 Å². The molecule has 0 aromatic rings. The van der Waals surface area contributed by atoms with Crippen LogP contribution < -0.4 is 11.5 Å². The molecule has 0 spiro atoms. The predicted octanol–water partition coefficient (Wildman–Crippen LogP) is -2.55. The molecule has 0 aromatic carbocycles. The number of nitrogens with two attached hydrogens (primary N) is 2.